The molecule has 0 spiro atoms. The van der Waals surface area contributed by atoms with E-state index in [2.05, 4.69) is 12.1 Å². The van der Waals surface area contributed by atoms with Crippen molar-refractivity contribution in [2.24, 2.45) is 0 Å². The number of hydrogen-bond acceptors (Lipinski definition) is 2. The maximum absolute atomic E-state index is 8.79. The van der Waals surface area contributed by atoms with Crippen molar-refractivity contribution in [2.75, 3.05) is 0 Å². The summed E-state index contributed by atoms with van der Waals surface area (Å²) in [5, 5.41) is 17.6. The molecule has 0 amide bonds. The van der Waals surface area contributed by atoms with Crippen LogP contribution in [0, 0.1) is 22.7 Å². The SMILES string of the molecule is N#Cc1ccc([C@H]2C[C@H]2c2ccc(C#N)cc2)cc1. The highest BCUT2D eigenvalue weighted by Gasteiger charge is 2.39. The number of rotatable bonds is 2. The van der Waals surface area contributed by atoms with Crippen LogP contribution in [0.15, 0.2) is 48.5 Å². The molecule has 19 heavy (non-hydrogen) atoms. The summed E-state index contributed by atoms with van der Waals surface area (Å²) in [4.78, 5) is 0. The topological polar surface area (TPSA) is 47.6 Å². The van der Waals surface area contributed by atoms with E-state index in [0.29, 0.717) is 23.0 Å². The summed E-state index contributed by atoms with van der Waals surface area (Å²) in [6.07, 6.45) is 1.15. The third-order valence-electron chi connectivity index (χ3n) is 3.73. The van der Waals surface area contributed by atoms with Crippen molar-refractivity contribution in [3.63, 3.8) is 0 Å². The average Bonchev–Trinajstić information content (AvgIpc) is 3.28. The molecule has 0 heterocycles. The van der Waals surface area contributed by atoms with Gasteiger partial charge in [-0.1, -0.05) is 24.3 Å². The van der Waals surface area contributed by atoms with Crippen molar-refractivity contribution in [3.05, 3.63) is 70.8 Å². The van der Waals surface area contributed by atoms with E-state index < -0.39 is 0 Å². The third kappa shape index (κ3) is 2.21. The predicted molar refractivity (Wildman–Crippen MR) is 72.4 cm³/mol. The van der Waals surface area contributed by atoms with Crippen LogP contribution in [0.4, 0.5) is 0 Å². The summed E-state index contributed by atoms with van der Waals surface area (Å²) in [7, 11) is 0. The van der Waals surface area contributed by atoms with Gasteiger partial charge in [0.25, 0.3) is 0 Å². The molecule has 0 bridgehead atoms. The van der Waals surface area contributed by atoms with Gasteiger partial charge in [0.15, 0.2) is 0 Å². The molecular formula is C17H12N2. The fourth-order valence-corrected chi connectivity index (χ4v) is 2.54. The van der Waals surface area contributed by atoms with E-state index in [4.69, 9.17) is 10.5 Å². The first-order chi connectivity index (χ1) is 9.31. The Labute approximate surface area is 112 Å². The van der Waals surface area contributed by atoms with E-state index in [1.807, 2.05) is 48.5 Å². The van der Waals surface area contributed by atoms with E-state index >= 15 is 0 Å². The Bertz CT molecular complexity index is 608. The first kappa shape index (κ1) is 11.5. The zero-order valence-electron chi connectivity index (χ0n) is 10.4. The molecule has 2 aromatic rings. The van der Waals surface area contributed by atoms with Crippen molar-refractivity contribution < 1.29 is 0 Å². The molecule has 0 radical (unpaired) electrons. The van der Waals surface area contributed by atoms with Crippen LogP contribution in [0.25, 0.3) is 0 Å². The first-order valence-corrected chi connectivity index (χ1v) is 6.32. The van der Waals surface area contributed by atoms with E-state index in [9.17, 15) is 0 Å². The summed E-state index contributed by atoms with van der Waals surface area (Å²) in [5.74, 6) is 1.11. The van der Waals surface area contributed by atoms with Crippen LogP contribution in [-0.2, 0) is 0 Å². The molecule has 2 aromatic carbocycles. The average molecular weight is 244 g/mol. The highest BCUT2D eigenvalue weighted by molar-refractivity contribution is 5.41. The molecule has 3 rings (SSSR count). The monoisotopic (exact) mass is 244 g/mol. The minimum Gasteiger partial charge on any atom is -0.192 e. The third-order valence-corrected chi connectivity index (χ3v) is 3.73. The normalized spacial score (nSPS) is 20.3. The van der Waals surface area contributed by atoms with Gasteiger partial charge < -0.3 is 0 Å². The second kappa shape index (κ2) is 4.59. The second-order valence-corrected chi connectivity index (χ2v) is 4.92. The molecule has 0 aliphatic heterocycles. The minimum absolute atomic E-state index is 0.556. The van der Waals surface area contributed by atoms with Gasteiger partial charge in [0.05, 0.1) is 23.3 Å². The van der Waals surface area contributed by atoms with Gasteiger partial charge in [-0.25, -0.2) is 0 Å². The van der Waals surface area contributed by atoms with Crippen molar-refractivity contribution in [1.82, 2.24) is 0 Å². The van der Waals surface area contributed by atoms with Gasteiger partial charge in [0, 0.05) is 0 Å². The van der Waals surface area contributed by atoms with E-state index in [1.165, 1.54) is 11.1 Å². The fourth-order valence-electron chi connectivity index (χ4n) is 2.54. The van der Waals surface area contributed by atoms with Crippen LogP contribution in [-0.4, -0.2) is 0 Å². The van der Waals surface area contributed by atoms with Crippen LogP contribution in [0.1, 0.15) is 40.5 Å². The van der Waals surface area contributed by atoms with Crippen LogP contribution in [0.3, 0.4) is 0 Å². The fraction of sp³-hybridized carbons (Fsp3) is 0.176. The van der Waals surface area contributed by atoms with Gasteiger partial charge in [-0.2, -0.15) is 10.5 Å². The minimum atomic E-state index is 0.556. The predicted octanol–water partition coefficient (Wildman–Crippen LogP) is 3.70. The first-order valence-electron chi connectivity index (χ1n) is 6.32. The number of benzene rings is 2. The standard InChI is InChI=1S/C17H12N2/c18-10-12-1-5-14(6-2-12)16-9-17(16)15-7-3-13(11-19)4-8-15/h1-8,16-17H,9H2/t16-,17+. The zero-order valence-corrected chi connectivity index (χ0v) is 10.4. The Kier molecular flexibility index (Phi) is 2.78. The van der Waals surface area contributed by atoms with Gasteiger partial charge in [-0.15, -0.1) is 0 Å². The zero-order chi connectivity index (χ0) is 13.2. The lowest BCUT2D eigenvalue weighted by Crippen LogP contribution is -1.85. The van der Waals surface area contributed by atoms with Crippen molar-refractivity contribution >= 4 is 0 Å². The van der Waals surface area contributed by atoms with E-state index in [0.717, 1.165) is 6.42 Å². The molecule has 0 aromatic heterocycles. The lowest BCUT2D eigenvalue weighted by atomic mass is 10.0. The Hall–Kier alpha value is -2.58. The maximum atomic E-state index is 8.79. The quantitative estimate of drug-likeness (QED) is 0.808. The smallest absolute Gasteiger partial charge is 0.0991 e. The Morgan fingerprint density at radius 1 is 0.684 bits per heavy atom. The van der Waals surface area contributed by atoms with Crippen LogP contribution in [0.5, 0.6) is 0 Å². The second-order valence-electron chi connectivity index (χ2n) is 4.92. The summed E-state index contributed by atoms with van der Waals surface area (Å²) < 4.78 is 0. The number of hydrogen-bond donors (Lipinski definition) is 0. The number of nitriles is 2. The molecule has 2 nitrogen and oxygen atoms in total. The Morgan fingerprint density at radius 3 is 1.37 bits per heavy atom. The summed E-state index contributed by atoms with van der Waals surface area (Å²) in [5.41, 5.74) is 4.01. The molecule has 0 saturated heterocycles. The maximum Gasteiger partial charge on any atom is 0.0991 e. The van der Waals surface area contributed by atoms with E-state index in [-0.39, 0.29) is 0 Å². The highest BCUT2D eigenvalue weighted by Crippen LogP contribution is 2.54. The number of nitrogens with zero attached hydrogens (tertiary/aromatic N) is 2. The van der Waals surface area contributed by atoms with Crippen molar-refractivity contribution in [2.45, 2.75) is 18.3 Å². The molecule has 2 heteroatoms. The molecular weight excluding hydrogens is 232 g/mol. The molecule has 1 aliphatic rings. The Balaban J connectivity index is 1.76. The van der Waals surface area contributed by atoms with Gasteiger partial charge in [0.2, 0.25) is 0 Å². The van der Waals surface area contributed by atoms with Crippen LogP contribution in [0.2, 0.25) is 0 Å². The van der Waals surface area contributed by atoms with Crippen LogP contribution >= 0.6 is 0 Å². The van der Waals surface area contributed by atoms with Crippen molar-refractivity contribution in [1.29, 1.82) is 10.5 Å². The summed E-state index contributed by atoms with van der Waals surface area (Å²) in [6.45, 7) is 0. The lowest BCUT2D eigenvalue weighted by molar-refractivity contribution is 1.03. The molecule has 0 N–H and O–H groups in total. The van der Waals surface area contributed by atoms with E-state index in [1.54, 1.807) is 0 Å². The van der Waals surface area contributed by atoms with Gasteiger partial charge in [-0.05, 0) is 53.6 Å². The Morgan fingerprint density at radius 2 is 1.05 bits per heavy atom. The molecule has 90 valence electrons. The van der Waals surface area contributed by atoms with Gasteiger partial charge >= 0.3 is 0 Å². The van der Waals surface area contributed by atoms with Gasteiger partial charge in [-0.3, -0.25) is 0 Å². The van der Waals surface area contributed by atoms with Crippen molar-refractivity contribution in [3.8, 4) is 12.1 Å². The lowest BCUT2D eigenvalue weighted by Gasteiger charge is -2.02. The highest BCUT2D eigenvalue weighted by atomic mass is 14.4. The summed E-state index contributed by atoms with van der Waals surface area (Å²) >= 11 is 0. The molecule has 1 aliphatic carbocycles. The molecule has 1 fully saturated rings. The summed E-state index contributed by atoms with van der Waals surface area (Å²) in [6, 6.07) is 20.0. The molecule has 1 saturated carbocycles. The largest absolute Gasteiger partial charge is 0.192 e. The van der Waals surface area contributed by atoms with Gasteiger partial charge in [0.1, 0.15) is 0 Å². The van der Waals surface area contributed by atoms with Crippen LogP contribution < -0.4 is 0 Å². The molecule has 2 atom stereocenters. The molecule has 0 unspecified atom stereocenters.